The number of aromatic nitrogens is 1. The first-order valence-electron chi connectivity index (χ1n) is 8.41. The number of pyridine rings is 1. The Morgan fingerprint density at radius 2 is 1.96 bits per heavy atom. The fourth-order valence-electron chi connectivity index (χ4n) is 3.13. The number of nitrogens with zero attached hydrogens (tertiary/aromatic N) is 3. The van der Waals surface area contributed by atoms with Crippen LogP contribution in [-0.2, 0) is 11.3 Å². The number of carbonyl (C=O) groups excluding carboxylic acids is 1. The van der Waals surface area contributed by atoms with E-state index in [-0.39, 0.29) is 11.7 Å². The highest BCUT2D eigenvalue weighted by molar-refractivity contribution is 5.82. The predicted molar refractivity (Wildman–Crippen MR) is 92.1 cm³/mol. The molecule has 3 rings (SSSR count). The second-order valence-electron chi connectivity index (χ2n) is 6.11. The Morgan fingerprint density at radius 3 is 2.71 bits per heavy atom. The number of hydrogen-bond donors (Lipinski definition) is 1. The largest absolute Gasteiger partial charge is 0.355 e. The predicted octanol–water partition coefficient (Wildman–Crippen LogP) is 1.63. The number of likely N-dealkylation sites (N-methyl/N-ethyl adjacent to an activating group) is 1. The first-order valence-corrected chi connectivity index (χ1v) is 8.41. The van der Waals surface area contributed by atoms with Crippen molar-refractivity contribution in [2.45, 2.75) is 13.5 Å². The molecule has 0 atom stereocenters. The summed E-state index contributed by atoms with van der Waals surface area (Å²) in [7, 11) is 0. The van der Waals surface area contributed by atoms with Gasteiger partial charge < -0.3 is 5.32 Å². The zero-order valence-electron chi connectivity index (χ0n) is 14.0. The summed E-state index contributed by atoms with van der Waals surface area (Å²) < 4.78 is 13.9. The van der Waals surface area contributed by atoms with Crippen LogP contribution in [-0.4, -0.2) is 60.0 Å². The van der Waals surface area contributed by atoms with Crippen LogP contribution in [0.4, 0.5) is 4.39 Å². The smallest absolute Gasteiger partial charge is 0.234 e. The van der Waals surface area contributed by atoms with Gasteiger partial charge in [-0.25, -0.2) is 4.39 Å². The van der Waals surface area contributed by atoms with Crippen LogP contribution in [0.25, 0.3) is 10.9 Å². The maximum atomic E-state index is 13.9. The summed E-state index contributed by atoms with van der Waals surface area (Å²) in [6.45, 7) is 7.33. The molecular formula is C18H23FN4O. The second kappa shape index (κ2) is 7.68. The average Bonchev–Trinajstić information content (AvgIpc) is 2.59. The molecule has 0 spiro atoms. The maximum Gasteiger partial charge on any atom is 0.234 e. The molecule has 1 amide bonds. The minimum atomic E-state index is -0.228. The van der Waals surface area contributed by atoms with Crippen molar-refractivity contribution in [2.24, 2.45) is 0 Å². The molecule has 0 bridgehead atoms. The van der Waals surface area contributed by atoms with E-state index >= 15 is 0 Å². The van der Waals surface area contributed by atoms with Crippen molar-refractivity contribution >= 4 is 16.8 Å². The van der Waals surface area contributed by atoms with Gasteiger partial charge >= 0.3 is 0 Å². The van der Waals surface area contributed by atoms with E-state index in [1.54, 1.807) is 18.3 Å². The Hall–Kier alpha value is -2.05. The molecule has 1 aromatic heterocycles. The summed E-state index contributed by atoms with van der Waals surface area (Å²) in [5, 5.41) is 3.41. The lowest BCUT2D eigenvalue weighted by atomic mass is 10.1. The van der Waals surface area contributed by atoms with Crippen molar-refractivity contribution in [2.75, 3.05) is 39.3 Å². The van der Waals surface area contributed by atoms with E-state index < -0.39 is 0 Å². The molecule has 0 saturated carbocycles. The standard InChI is InChI=1S/C18H23FN4O/c1-2-20-17(24)13-23-10-8-22(9-11-23)12-14-5-6-16(19)15-4-3-7-21-18(14)15/h3-7H,2,8-13H2,1H3,(H,20,24). The summed E-state index contributed by atoms with van der Waals surface area (Å²) in [5.74, 6) is -0.145. The van der Waals surface area contributed by atoms with Crippen LogP contribution >= 0.6 is 0 Å². The number of halogens is 1. The molecule has 6 heteroatoms. The van der Waals surface area contributed by atoms with Crippen LogP contribution in [0.5, 0.6) is 0 Å². The van der Waals surface area contributed by atoms with E-state index in [0.717, 1.165) is 43.8 Å². The average molecular weight is 330 g/mol. The molecule has 2 aromatic rings. The molecule has 1 N–H and O–H groups in total. The van der Waals surface area contributed by atoms with Gasteiger partial charge in [0.05, 0.1) is 12.1 Å². The van der Waals surface area contributed by atoms with Gasteiger partial charge in [-0.2, -0.15) is 0 Å². The van der Waals surface area contributed by atoms with Gasteiger partial charge in [0.25, 0.3) is 0 Å². The number of nitrogens with one attached hydrogen (secondary N) is 1. The lowest BCUT2D eigenvalue weighted by molar-refractivity contribution is -0.122. The van der Waals surface area contributed by atoms with E-state index in [1.807, 2.05) is 13.0 Å². The molecule has 1 aromatic carbocycles. The van der Waals surface area contributed by atoms with Crippen molar-refractivity contribution in [3.8, 4) is 0 Å². The van der Waals surface area contributed by atoms with Gasteiger partial charge in [-0.3, -0.25) is 19.6 Å². The Labute approximate surface area is 141 Å². The summed E-state index contributed by atoms with van der Waals surface area (Å²) in [6, 6.07) is 6.87. The van der Waals surface area contributed by atoms with Crippen LogP contribution in [0.15, 0.2) is 30.5 Å². The molecule has 2 heterocycles. The molecule has 24 heavy (non-hydrogen) atoms. The molecule has 1 fully saturated rings. The third-order valence-electron chi connectivity index (χ3n) is 4.40. The molecule has 0 unspecified atom stereocenters. The van der Waals surface area contributed by atoms with E-state index in [1.165, 1.54) is 6.07 Å². The third kappa shape index (κ3) is 3.88. The van der Waals surface area contributed by atoms with Gasteiger partial charge in [0.2, 0.25) is 5.91 Å². The summed E-state index contributed by atoms with van der Waals surface area (Å²) >= 11 is 0. The highest BCUT2D eigenvalue weighted by Gasteiger charge is 2.19. The van der Waals surface area contributed by atoms with Crippen molar-refractivity contribution < 1.29 is 9.18 Å². The second-order valence-corrected chi connectivity index (χ2v) is 6.11. The lowest BCUT2D eigenvalue weighted by Gasteiger charge is -2.34. The van der Waals surface area contributed by atoms with E-state index in [9.17, 15) is 9.18 Å². The van der Waals surface area contributed by atoms with E-state index in [4.69, 9.17) is 0 Å². The molecular weight excluding hydrogens is 307 g/mol. The quantitative estimate of drug-likeness (QED) is 0.905. The molecule has 1 aliphatic rings. The van der Waals surface area contributed by atoms with Gasteiger partial charge in [-0.15, -0.1) is 0 Å². The fourth-order valence-corrected chi connectivity index (χ4v) is 3.13. The SMILES string of the molecule is CCNC(=O)CN1CCN(Cc2ccc(F)c3cccnc23)CC1. The molecule has 1 saturated heterocycles. The number of fused-ring (bicyclic) bond motifs is 1. The number of carbonyl (C=O) groups is 1. The number of amides is 1. The minimum absolute atomic E-state index is 0.0830. The van der Waals surface area contributed by atoms with Crippen LogP contribution in [0.2, 0.25) is 0 Å². The van der Waals surface area contributed by atoms with Crippen molar-refractivity contribution in [3.05, 3.63) is 41.8 Å². The number of rotatable bonds is 5. The first-order chi connectivity index (χ1) is 11.7. The van der Waals surface area contributed by atoms with Crippen LogP contribution in [0.1, 0.15) is 12.5 Å². The van der Waals surface area contributed by atoms with E-state index in [2.05, 4.69) is 20.1 Å². The van der Waals surface area contributed by atoms with Crippen molar-refractivity contribution in [1.82, 2.24) is 20.1 Å². The van der Waals surface area contributed by atoms with Gasteiger partial charge in [0, 0.05) is 50.9 Å². The number of benzene rings is 1. The Morgan fingerprint density at radius 1 is 1.21 bits per heavy atom. The maximum absolute atomic E-state index is 13.9. The van der Waals surface area contributed by atoms with Crippen LogP contribution in [0, 0.1) is 5.82 Å². The Bertz CT molecular complexity index is 713. The molecule has 0 aliphatic carbocycles. The summed E-state index contributed by atoms with van der Waals surface area (Å²) in [4.78, 5) is 20.5. The van der Waals surface area contributed by atoms with Gasteiger partial charge in [-0.1, -0.05) is 6.07 Å². The monoisotopic (exact) mass is 330 g/mol. The zero-order valence-corrected chi connectivity index (χ0v) is 14.0. The van der Waals surface area contributed by atoms with Gasteiger partial charge in [0.1, 0.15) is 5.82 Å². The zero-order chi connectivity index (χ0) is 16.9. The van der Waals surface area contributed by atoms with E-state index in [0.29, 0.717) is 18.5 Å². The Balaban J connectivity index is 1.61. The minimum Gasteiger partial charge on any atom is -0.355 e. The van der Waals surface area contributed by atoms with Crippen molar-refractivity contribution in [1.29, 1.82) is 0 Å². The summed E-state index contributed by atoms with van der Waals surface area (Å²) in [6.07, 6.45) is 1.70. The van der Waals surface area contributed by atoms with Crippen molar-refractivity contribution in [3.63, 3.8) is 0 Å². The highest BCUT2D eigenvalue weighted by Crippen LogP contribution is 2.21. The summed E-state index contributed by atoms with van der Waals surface area (Å²) in [5.41, 5.74) is 1.78. The third-order valence-corrected chi connectivity index (χ3v) is 4.40. The number of piperazine rings is 1. The highest BCUT2D eigenvalue weighted by atomic mass is 19.1. The molecule has 5 nitrogen and oxygen atoms in total. The van der Waals surface area contributed by atoms with Crippen LogP contribution in [0.3, 0.4) is 0 Å². The van der Waals surface area contributed by atoms with Gasteiger partial charge in [0.15, 0.2) is 0 Å². The first kappa shape index (κ1) is 16.8. The normalized spacial score (nSPS) is 16.4. The molecule has 128 valence electrons. The molecule has 1 aliphatic heterocycles. The van der Waals surface area contributed by atoms with Gasteiger partial charge in [-0.05, 0) is 30.7 Å². The molecule has 0 radical (unpaired) electrons. The fraction of sp³-hybridized carbons (Fsp3) is 0.444. The Kier molecular flexibility index (Phi) is 5.37. The topological polar surface area (TPSA) is 48.5 Å². The number of hydrogen-bond acceptors (Lipinski definition) is 4. The van der Waals surface area contributed by atoms with Crippen LogP contribution < -0.4 is 5.32 Å². The lowest BCUT2D eigenvalue weighted by Crippen LogP contribution is -2.49.